The number of benzene rings is 1. The maximum absolute atomic E-state index is 12.4. The smallest absolute Gasteiger partial charge is 0.415 e. The van der Waals surface area contributed by atoms with Crippen LogP contribution in [0, 0.1) is 5.92 Å². The maximum Gasteiger partial charge on any atom is 0.415 e. The van der Waals surface area contributed by atoms with Gasteiger partial charge in [0.05, 0.1) is 11.8 Å². The van der Waals surface area contributed by atoms with Crippen LogP contribution in [0.15, 0.2) is 48.8 Å². The summed E-state index contributed by atoms with van der Waals surface area (Å²) in [7, 11) is 0. The first-order chi connectivity index (χ1) is 12.6. The normalized spacial score (nSPS) is 16.9. The van der Waals surface area contributed by atoms with Crippen molar-refractivity contribution >= 4 is 12.1 Å². The lowest BCUT2D eigenvalue weighted by atomic mass is 9.92. The number of piperidine rings is 1. The molecule has 1 aromatic carbocycles. The summed E-state index contributed by atoms with van der Waals surface area (Å²) >= 11 is 0. The Morgan fingerprint density at radius 2 is 2.04 bits per heavy atom. The molecule has 0 saturated carbocycles. The van der Waals surface area contributed by atoms with Crippen molar-refractivity contribution in [3.05, 3.63) is 59.9 Å². The van der Waals surface area contributed by atoms with Crippen LogP contribution in [-0.2, 0) is 6.42 Å². The van der Waals surface area contributed by atoms with E-state index >= 15 is 0 Å². The number of nitrogens with zero attached hydrogens (tertiary/aromatic N) is 2. The Hall–Kier alpha value is -2.89. The predicted molar refractivity (Wildman–Crippen MR) is 96.3 cm³/mol. The van der Waals surface area contributed by atoms with Crippen molar-refractivity contribution in [1.29, 1.82) is 0 Å². The molecule has 136 valence electrons. The number of hydrogen-bond acceptors (Lipinski definition) is 4. The van der Waals surface area contributed by atoms with Crippen molar-refractivity contribution < 1.29 is 19.4 Å². The Morgan fingerprint density at radius 3 is 2.81 bits per heavy atom. The lowest BCUT2D eigenvalue weighted by Crippen LogP contribution is -2.41. The second-order valence-electron chi connectivity index (χ2n) is 6.56. The first-order valence-electron chi connectivity index (χ1n) is 8.81. The van der Waals surface area contributed by atoms with Crippen LogP contribution in [-0.4, -0.2) is 40.1 Å². The van der Waals surface area contributed by atoms with Crippen LogP contribution in [0.2, 0.25) is 0 Å². The van der Waals surface area contributed by atoms with Crippen molar-refractivity contribution in [1.82, 2.24) is 9.88 Å². The topological polar surface area (TPSA) is 79.7 Å². The number of ether oxygens (including phenoxy) is 1. The first kappa shape index (κ1) is 17.9. The van der Waals surface area contributed by atoms with Crippen LogP contribution >= 0.6 is 0 Å². The second kappa shape index (κ2) is 8.47. The molecule has 26 heavy (non-hydrogen) atoms. The molecule has 1 fully saturated rings. The number of hydrogen-bond donors (Lipinski definition) is 1. The molecule has 0 bridgehead atoms. The molecular formula is C20H22N2O4. The number of carboxylic acid groups (broad SMARTS) is 1. The van der Waals surface area contributed by atoms with E-state index in [9.17, 15) is 9.59 Å². The molecule has 0 radical (unpaired) electrons. The van der Waals surface area contributed by atoms with E-state index in [2.05, 4.69) is 17.1 Å². The van der Waals surface area contributed by atoms with Gasteiger partial charge in [-0.05, 0) is 43.2 Å². The number of likely N-dealkylation sites (tertiary alicyclic amines) is 1. The number of aromatic nitrogens is 1. The molecule has 0 aliphatic carbocycles. The standard InChI is InChI=1S/C20H22N2O4/c23-19(24)17-11-18(13-21-12-17)26-20(25)22-10-4-7-16(14-22)9-8-15-5-2-1-3-6-15/h1-3,5-6,11-13,16H,4,7-10,14H2,(H,23,24). The minimum absolute atomic E-state index is 0.00492. The van der Waals surface area contributed by atoms with Gasteiger partial charge in [-0.15, -0.1) is 0 Å². The van der Waals surface area contributed by atoms with Gasteiger partial charge in [-0.2, -0.15) is 0 Å². The molecule has 1 amide bonds. The van der Waals surface area contributed by atoms with E-state index in [1.54, 1.807) is 4.90 Å². The van der Waals surface area contributed by atoms with Crippen LogP contribution in [0.25, 0.3) is 0 Å². The van der Waals surface area contributed by atoms with Crippen molar-refractivity contribution in [2.24, 2.45) is 5.92 Å². The number of aromatic carboxylic acids is 1. The monoisotopic (exact) mass is 354 g/mol. The van der Waals surface area contributed by atoms with E-state index in [4.69, 9.17) is 9.84 Å². The van der Waals surface area contributed by atoms with Crippen molar-refractivity contribution in [2.75, 3.05) is 13.1 Å². The lowest BCUT2D eigenvalue weighted by Gasteiger charge is -2.32. The molecule has 1 aliphatic rings. The molecular weight excluding hydrogens is 332 g/mol. The fourth-order valence-electron chi connectivity index (χ4n) is 3.24. The largest absolute Gasteiger partial charge is 0.478 e. The van der Waals surface area contributed by atoms with Gasteiger partial charge in [0, 0.05) is 19.3 Å². The van der Waals surface area contributed by atoms with Gasteiger partial charge in [-0.3, -0.25) is 4.98 Å². The van der Waals surface area contributed by atoms with Crippen molar-refractivity contribution in [2.45, 2.75) is 25.7 Å². The molecule has 1 atom stereocenters. The van der Waals surface area contributed by atoms with Crippen molar-refractivity contribution in [3.63, 3.8) is 0 Å². The van der Waals surface area contributed by atoms with Gasteiger partial charge in [0.1, 0.15) is 0 Å². The molecule has 0 spiro atoms. The summed E-state index contributed by atoms with van der Waals surface area (Å²) in [6, 6.07) is 11.6. The summed E-state index contributed by atoms with van der Waals surface area (Å²) in [5.41, 5.74) is 1.30. The van der Waals surface area contributed by atoms with Gasteiger partial charge >= 0.3 is 12.1 Å². The molecule has 6 heteroatoms. The van der Waals surface area contributed by atoms with Crippen LogP contribution in [0.4, 0.5) is 4.79 Å². The van der Waals surface area contributed by atoms with Crippen LogP contribution in [0.5, 0.6) is 5.75 Å². The second-order valence-corrected chi connectivity index (χ2v) is 6.56. The maximum atomic E-state index is 12.4. The van der Waals surface area contributed by atoms with Gasteiger partial charge < -0.3 is 14.7 Å². The zero-order valence-corrected chi connectivity index (χ0v) is 14.5. The number of carbonyl (C=O) groups excluding carboxylic acids is 1. The fourth-order valence-corrected chi connectivity index (χ4v) is 3.24. The quantitative estimate of drug-likeness (QED) is 0.887. The number of pyridine rings is 1. The number of aryl methyl sites for hydroxylation is 1. The minimum atomic E-state index is -1.10. The van der Waals surface area contributed by atoms with Crippen LogP contribution in [0.1, 0.15) is 35.2 Å². The summed E-state index contributed by atoms with van der Waals surface area (Å²) in [5, 5.41) is 8.99. The number of carboxylic acids is 1. The van der Waals surface area contributed by atoms with Gasteiger partial charge in [0.2, 0.25) is 0 Å². The molecule has 1 aromatic heterocycles. The highest BCUT2D eigenvalue weighted by Crippen LogP contribution is 2.23. The van der Waals surface area contributed by atoms with E-state index in [-0.39, 0.29) is 11.3 Å². The predicted octanol–water partition coefficient (Wildman–Crippen LogP) is 3.62. The Bertz CT molecular complexity index is 763. The lowest BCUT2D eigenvalue weighted by molar-refractivity contribution is 0.0695. The highest BCUT2D eigenvalue weighted by molar-refractivity contribution is 5.87. The van der Waals surface area contributed by atoms with E-state index < -0.39 is 12.1 Å². The average Bonchev–Trinajstić information content (AvgIpc) is 2.67. The zero-order chi connectivity index (χ0) is 18.4. The molecule has 6 nitrogen and oxygen atoms in total. The molecule has 2 heterocycles. The van der Waals surface area contributed by atoms with Crippen LogP contribution < -0.4 is 4.74 Å². The summed E-state index contributed by atoms with van der Waals surface area (Å²) in [4.78, 5) is 28.9. The molecule has 3 rings (SSSR count). The highest BCUT2D eigenvalue weighted by atomic mass is 16.6. The fraction of sp³-hybridized carbons (Fsp3) is 0.350. The van der Waals surface area contributed by atoms with Crippen molar-refractivity contribution in [3.8, 4) is 5.75 Å². The third kappa shape index (κ3) is 4.81. The Kier molecular flexibility index (Phi) is 5.84. The third-order valence-electron chi connectivity index (χ3n) is 4.63. The Balaban J connectivity index is 1.54. The first-order valence-corrected chi connectivity index (χ1v) is 8.81. The summed E-state index contributed by atoms with van der Waals surface area (Å²) in [6.45, 7) is 1.32. The number of rotatable bonds is 5. The SMILES string of the molecule is O=C(O)c1cncc(OC(=O)N2CCCC(CCc3ccccc3)C2)c1. The minimum Gasteiger partial charge on any atom is -0.478 e. The van der Waals surface area contributed by atoms with Gasteiger partial charge in [-0.1, -0.05) is 30.3 Å². The molecule has 2 aromatic rings. The van der Waals surface area contributed by atoms with Gasteiger partial charge in [-0.25, -0.2) is 9.59 Å². The van der Waals surface area contributed by atoms with Gasteiger partial charge in [0.25, 0.3) is 0 Å². The molecule has 1 aliphatic heterocycles. The Labute approximate surface area is 152 Å². The van der Waals surface area contributed by atoms with Crippen LogP contribution in [0.3, 0.4) is 0 Å². The van der Waals surface area contributed by atoms with E-state index in [0.717, 1.165) is 25.7 Å². The summed E-state index contributed by atoms with van der Waals surface area (Å²) < 4.78 is 5.32. The van der Waals surface area contributed by atoms with Gasteiger partial charge in [0.15, 0.2) is 5.75 Å². The third-order valence-corrected chi connectivity index (χ3v) is 4.63. The average molecular weight is 354 g/mol. The zero-order valence-electron chi connectivity index (χ0n) is 14.5. The van der Waals surface area contributed by atoms with E-state index in [1.807, 2.05) is 18.2 Å². The molecule has 1 unspecified atom stereocenters. The van der Waals surface area contributed by atoms with E-state index in [0.29, 0.717) is 19.0 Å². The summed E-state index contributed by atoms with van der Waals surface area (Å²) in [6.07, 6.45) is 6.21. The highest BCUT2D eigenvalue weighted by Gasteiger charge is 2.25. The Morgan fingerprint density at radius 1 is 1.23 bits per heavy atom. The number of carbonyl (C=O) groups is 2. The van der Waals surface area contributed by atoms with E-state index in [1.165, 1.54) is 24.0 Å². The molecule has 1 N–H and O–H groups in total. The number of amides is 1. The summed E-state index contributed by atoms with van der Waals surface area (Å²) in [5.74, 6) is -0.504. The molecule has 1 saturated heterocycles.